The highest BCUT2D eigenvalue weighted by Gasteiger charge is 2.13. The van der Waals surface area contributed by atoms with Crippen LogP contribution in [0.1, 0.15) is 67.3 Å². The van der Waals surface area contributed by atoms with Gasteiger partial charge in [-0.2, -0.15) is 0 Å². The maximum atomic E-state index is 11.9. The Kier molecular flexibility index (Phi) is 9.94. The second kappa shape index (κ2) is 11.1. The fourth-order valence-corrected chi connectivity index (χ4v) is 1.79. The van der Waals surface area contributed by atoms with Gasteiger partial charge in [0.25, 0.3) is 5.91 Å². The van der Waals surface area contributed by atoms with Crippen molar-refractivity contribution in [3.63, 3.8) is 0 Å². The molecule has 1 unspecified atom stereocenters. The van der Waals surface area contributed by atoms with Gasteiger partial charge in [-0.1, -0.05) is 19.9 Å². The molecule has 0 heterocycles. The number of rotatable bonds is 5. The zero-order chi connectivity index (χ0) is 18.7. The van der Waals surface area contributed by atoms with Crippen molar-refractivity contribution in [2.45, 2.75) is 53.5 Å². The summed E-state index contributed by atoms with van der Waals surface area (Å²) in [6.45, 7) is 8.55. The minimum Gasteiger partial charge on any atom is -0.350 e. The summed E-state index contributed by atoms with van der Waals surface area (Å²) in [6, 6.07) is 5.50. The van der Waals surface area contributed by atoms with E-state index in [-0.39, 0.29) is 23.8 Å². The van der Waals surface area contributed by atoms with Crippen molar-refractivity contribution >= 4 is 24.0 Å². The Hall–Kier alpha value is -2.50. The summed E-state index contributed by atoms with van der Waals surface area (Å²) in [7, 11) is 0. The average molecular weight is 334 g/mol. The van der Waals surface area contributed by atoms with Crippen LogP contribution in [0.15, 0.2) is 18.2 Å². The Morgan fingerprint density at radius 2 is 1.71 bits per heavy atom. The molecule has 1 rings (SSSR count). The maximum Gasteiger partial charge on any atom is 0.252 e. The molecule has 1 aromatic rings. The minimum atomic E-state index is -0.312. The van der Waals surface area contributed by atoms with Gasteiger partial charge in [0.15, 0.2) is 6.29 Å². The number of hydrogen-bond acceptors (Lipinski definition) is 4. The molecule has 1 aromatic carbocycles. The number of carbonyl (C=O) groups is 4. The van der Waals surface area contributed by atoms with Crippen LogP contribution in [0.5, 0.6) is 0 Å². The summed E-state index contributed by atoms with van der Waals surface area (Å²) in [4.78, 5) is 42.7. The number of benzene rings is 1. The van der Waals surface area contributed by atoms with E-state index in [9.17, 15) is 19.2 Å². The molecule has 0 aliphatic carbocycles. The van der Waals surface area contributed by atoms with E-state index in [0.717, 1.165) is 24.7 Å². The average Bonchev–Trinajstić information content (AvgIpc) is 2.53. The van der Waals surface area contributed by atoms with Gasteiger partial charge in [0, 0.05) is 31.0 Å². The van der Waals surface area contributed by atoms with Crippen LogP contribution in [0, 0.1) is 0 Å². The van der Waals surface area contributed by atoms with Crippen molar-refractivity contribution < 1.29 is 19.2 Å². The summed E-state index contributed by atoms with van der Waals surface area (Å²) in [5.41, 5.74) is 1.98. The third-order valence-electron chi connectivity index (χ3n) is 3.24. The van der Waals surface area contributed by atoms with Gasteiger partial charge in [-0.3, -0.25) is 24.5 Å². The van der Waals surface area contributed by atoms with E-state index in [4.69, 9.17) is 0 Å². The van der Waals surface area contributed by atoms with Crippen LogP contribution in [0.2, 0.25) is 0 Å². The van der Waals surface area contributed by atoms with Gasteiger partial charge in [0.1, 0.15) is 0 Å². The molecule has 0 saturated carbocycles. The first-order chi connectivity index (χ1) is 11.2. The van der Waals surface area contributed by atoms with E-state index in [1.807, 2.05) is 32.2 Å². The Morgan fingerprint density at radius 1 is 1.12 bits per heavy atom. The summed E-state index contributed by atoms with van der Waals surface area (Å²) >= 11 is 0. The molecule has 0 aliphatic rings. The minimum absolute atomic E-state index is 0.118. The number of hydrogen-bond donors (Lipinski definition) is 2. The van der Waals surface area contributed by atoms with Crippen LogP contribution in [0.25, 0.3) is 0 Å². The molecular weight excluding hydrogens is 308 g/mol. The molecule has 0 radical (unpaired) electrons. The number of aldehydes is 1. The summed E-state index contributed by atoms with van der Waals surface area (Å²) in [6.07, 6.45) is 2.47. The molecule has 6 nitrogen and oxygen atoms in total. The van der Waals surface area contributed by atoms with Gasteiger partial charge in [-0.25, -0.2) is 0 Å². The van der Waals surface area contributed by atoms with Gasteiger partial charge in [0.05, 0.1) is 0 Å². The Labute approximate surface area is 143 Å². The lowest BCUT2D eigenvalue weighted by Gasteiger charge is -2.12. The van der Waals surface area contributed by atoms with Gasteiger partial charge in [0.2, 0.25) is 11.8 Å². The molecule has 0 spiro atoms. The summed E-state index contributed by atoms with van der Waals surface area (Å²) in [5.74, 6) is -0.802. The Bertz CT molecular complexity index is 585. The molecule has 0 aromatic heterocycles. The van der Waals surface area contributed by atoms with Crippen molar-refractivity contribution in [3.05, 3.63) is 34.9 Å². The zero-order valence-corrected chi connectivity index (χ0v) is 14.9. The van der Waals surface area contributed by atoms with E-state index < -0.39 is 0 Å². The van der Waals surface area contributed by atoms with Crippen LogP contribution >= 0.6 is 0 Å². The first-order valence-electron chi connectivity index (χ1n) is 7.92. The number of carbonyl (C=O) groups excluding carboxylic acids is 4. The maximum absolute atomic E-state index is 11.9. The van der Waals surface area contributed by atoms with Crippen LogP contribution in [0.4, 0.5) is 0 Å². The lowest BCUT2D eigenvalue weighted by atomic mass is 10.0. The predicted molar refractivity (Wildman–Crippen MR) is 92.9 cm³/mol. The largest absolute Gasteiger partial charge is 0.350 e. The number of amides is 3. The van der Waals surface area contributed by atoms with Crippen molar-refractivity contribution in [2.24, 2.45) is 0 Å². The summed E-state index contributed by atoms with van der Waals surface area (Å²) < 4.78 is 0. The van der Waals surface area contributed by atoms with Gasteiger partial charge in [-0.15, -0.1) is 0 Å². The van der Waals surface area contributed by atoms with E-state index in [1.54, 1.807) is 12.1 Å². The standard InChI is InChI=1S/C14H19NO2.C4H7NO2/c1-4-10(3)15-14(17)13-7-6-11(5-2)8-12(13)9-16;1-3(6)5-4(2)7/h6-10H,4-5H2,1-3H3,(H,15,17);1-2H3,(H,5,6,7). The highest BCUT2D eigenvalue weighted by Crippen LogP contribution is 2.11. The van der Waals surface area contributed by atoms with Crippen molar-refractivity contribution in [2.75, 3.05) is 0 Å². The molecule has 0 bridgehead atoms. The highest BCUT2D eigenvalue weighted by atomic mass is 16.2. The lowest BCUT2D eigenvalue weighted by molar-refractivity contribution is -0.127. The second-order valence-electron chi connectivity index (χ2n) is 5.41. The topological polar surface area (TPSA) is 92.3 Å². The van der Waals surface area contributed by atoms with E-state index >= 15 is 0 Å². The fourth-order valence-electron chi connectivity index (χ4n) is 1.79. The number of nitrogens with one attached hydrogen (secondary N) is 2. The number of imide groups is 1. The molecule has 0 fully saturated rings. The van der Waals surface area contributed by atoms with Gasteiger partial charge >= 0.3 is 0 Å². The lowest BCUT2D eigenvalue weighted by Crippen LogP contribution is -2.32. The van der Waals surface area contributed by atoms with Crippen molar-refractivity contribution in [1.29, 1.82) is 0 Å². The van der Waals surface area contributed by atoms with Crippen LogP contribution in [-0.4, -0.2) is 30.0 Å². The smallest absolute Gasteiger partial charge is 0.252 e. The Balaban J connectivity index is 0.000000640. The summed E-state index contributed by atoms with van der Waals surface area (Å²) in [5, 5.41) is 4.89. The first-order valence-corrected chi connectivity index (χ1v) is 7.92. The fraction of sp³-hybridized carbons (Fsp3) is 0.444. The SMILES string of the molecule is CC(=O)NC(C)=O.CCc1ccc(C(=O)NC(C)CC)c(C=O)c1. The van der Waals surface area contributed by atoms with E-state index in [1.165, 1.54) is 13.8 Å². The molecule has 2 N–H and O–H groups in total. The quantitative estimate of drug-likeness (QED) is 0.808. The molecule has 0 aliphatic heterocycles. The molecule has 3 amide bonds. The monoisotopic (exact) mass is 334 g/mol. The molecule has 0 saturated heterocycles. The van der Waals surface area contributed by atoms with E-state index in [2.05, 4.69) is 5.32 Å². The van der Waals surface area contributed by atoms with Crippen molar-refractivity contribution in [3.8, 4) is 0 Å². The third kappa shape index (κ3) is 8.22. The number of aryl methyl sites for hydroxylation is 1. The highest BCUT2D eigenvalue weighted by molar-refractivity contribution is 6.01. The van der Waals surface area contributed by atoms with Gasteiger partial charge in [-0.05, 0) is 37.5 Å². The molecule has 6 heteroatoms. The molecule has 24 heavy (non-hydrogen) atoms. The molecular formula is C18H26N2O4. The Morgan fingerprint density at radius 3 is 2.08 bits per heavy atom. The zero-order valence-electron chi connectivity index (χ0n) is 14.9. The third-order valence-corrected chi connectivity index (χ3v) is 3.24. The normalized spacial score (nSPS) is 10.7. The molecule has 1 atom stereocenters. The second-order valence-corrected chi connectivity index (χ2v) is 5.41. The van der Waals surface area contributed by atoms with Crippen LogP contribution in [0.3, 0.4) is 0 Å². The van der Waals surface area contributed by atoms with Crippen LogP contribution < -0.4 is 10.6 Å². The first kappa shape index (κ1) is 21.5. The van der Waals surface area contributed by atoms with Crippen LogP contribution in [-0.2, 0) is 16.0 Å². The van der Waals surface area contributed by atoms with E-state index in [0.29, 0.717) is 11.1 Å². The van der Waals surface area contributed by atoms with Gasteiger partial charge < -0.3 is 5.32 Å². The predicted octanol–water partition coefficient (Wildman–Crippen LogP) is 2.26. The van der Waals surface area contributed by atoms with Crippen molar-refractivity contribution in [1.82, 2.24) is 10.6 Å². The molecule has 132 valence electrons.